The molecule has 0 saturated carbocycles. The molecule has 1 aromatic carbocycles. The van der Waals surface area contributed by atoms with Gasteiger partial charge in [-0.05, 0) is 50.6 Å². The number of benzene rings is 1. The Hall–Kier alpha value is -1.60. The summed E-state index contributed by atoms with van der Waals surface area (Å²) in [6.07, 6.45) is 7.36. The summed E-state index contributed by atoms with van der Waals surface area (Å²) in [5.41, 5.74) is 4.11. The van der Waals surface area contributed by atoms with E-state index in [-0.39, 0.29) is 6.23 Å². The summed E-state index contributed by atoms with van der Waals surface area (Å²) in [6.45, 7) is 2.20. The van der Waals surface area contributed by atoms with Crippen LogP contribution in [-0.2, 0) is 0 Å². The van der Waals surface area contributed by atoms with Crippen molar-refractivity contribution >= 4 is 33.4 Å². The molecule has 1 aliphatic carbocycles. The highest BCUT2D eigenvalue weighted by molar-refractivity contribution is 9.10. The number of hydrogen-bond acceptors (Lipinski definition) is 6. The van der Waals surface area contributed by atoms with E-state index in [1.165, 1.54) is 17.3 Å². The molecule has 7 heteroatoms. The van der Waals surface area contributed by atoms with E-state index in [4.69, 9.17) is 4.74 Å². The summed E-state index contributed by atoms with van der Waals surface area (Å²) < 4.78 is 7.30. The van der Waals surface area contributed by atoms with Crippen molar-refractivity contribution in [2.45, 2.75) is 37.6 Å². The average molecular weight is 419 g/mol. The number of rotatable bonds is 2. The van der Waals surface area contributed by atoms with Crippen LogP contribution in [0.3, 0.4) is 0 Å². The second-order valence-corrected chi connectivity index (χ2v) is 8.10. The minimum absolute atomic E-state index is 0.128. The van der Waals surface area contributed by atoms with Gasteiger partial charge in [0.2, 0.25) is 11.0 Å². The normalized spacial score (nSPS) is 22.0. The van der Waals surface area contributed by atoms with Crippen molar-refractivity contribution in [2.75, 3.05) is 11.6 Å². The maximum Gasteiger partial charge on any atom is 0.247 e. The minimum Gasteiger partial charge on any atom is -0.452 e. The summed E-state index contributed by atoms with van der Waals surface area (Å²) >= 11 is 5.01. The highest BCUT2D eigenvalue weighted by Gasteiger charge is 2.31. The van der Waals surface area contributed by atoms with Gasteiger partial charge in [0.1, 0.15) is 0 Å². The summed E-state index contributed by atoms with van der Waals surface area (Å²) in [5.74, 6) is 0.957. The molecule has 0 bridgehead atoms. The third kappa shape index (κ3) is 3.40. The highest BCUT2D eigenvalue weighted by atomic mass is 79.9. The first-order valence-electron chi connectivity index (χ1n) is 8.31. The number of anilines is 1. The molecule has 0 saturated heterocycles. The van der Waals surface area contributed by atoms with Crippen molar-refractivity contribution in [2.24, 2.45) is 5.92 Å². The van der Waals surface area contributed by atoms with E-state index < -0.39 is 0 Å². The lowest BCUT2D eigenvalue weighted by Crippen LogP contribution is -2.35. The molecule has 0 fully saturated rings. The molecule has 2 heterocycles. The van der Waals surface area contributed by atoms with Crippen molar-refractivity contribution in [3.05, 3.63) is 34.3 Å². The number of thioether (sulfide) groups is 1. The molecule has 1 aliphatic heterocycles. The molecule has 25 heavy (non-hydrogen) atoms. The second-order valence-electron chi connectivity index (χ2n) is 6.41. The van der Waals surface area contributed by atoms with Crippen molar-refractivity contribution in [3.63, 3.8) is 0 Å². The zero-order valence-electron chi connectivity index (χ0n) is 14.1. The summed E-state index contributed by atoms with van der Waals surface area (Å²) in [5, 5.41) is 12.8. The molecule has 0 radical (unpaired) electrons. The van der Waals surface area contributed by atoms with E-state index in [0.717, 1.165) is 35.0 Å². The Morgan fingerprint density at radius 1 is 1.32 bits per heavy atom. The van der Waals surface area contributed by atoms with Gasteiger partial charge in [0.25, 0.3) is 0 Å². The van der Waals surface area contributed by atoms with Crippen molar-refractivity contribution in [1.29, 1.82) is 0 Å². The van der Waals surface area contributed by atoms with Crippen molar-refractivity contribution < 1.29 is 4.74 Å². The number of nitrogens with zero attached hydrogens (tertiary/aromatic N) is 3. The lowest BCUT2D eigenvalue weighted by molar-refractivity contribution is 0.145. The van der Waals surface area contributed by atoms with Gasteiger partial charge in [-0.3, -0.25) is 0 Å². The van der Waals surface area contributed by atoms with E-state index in [1.807, 2.05) is 18.4 Å². The van der Waals surface area contributed by atoms with E-state index in [1.54, 1.807) is 0 Å². The first kappa shape index (κ1) is 16.8. The minimum atomic E-state index is -0.128. The number of aromatic nitrogens is 3. The monoisotopic (exact) mass is 418 g/mol. The van der Waals surface area contributed by atoms with Crippen LogP contribution in [0.15, 0.2) is 39.5 Å². The molecule has 2 aromatic rings. The Balaban J connectivity index is 1.78. The average Bonchev–Trinajstić information content (AvgIpc) is 2.78. The molecule has 5 nitrogen and oxygen atoms in total. The van der Waals surface area contributed by atoms with Crippen LogP contribution in [0.5, 0.6) is 5.88 Å². The van der Waals surface area contributed by atoms with Gasteiger partial charge in [-0.25, -0.2) is 0 Å². The van der Waals surface area contributed by atoms with Crippen LogP contribution in [0.4, 0.5) is 5.69 Å². The molecule has 2 atom stereocenters. The molecule has 1 N–H and O–H groups in total. The quantitative estimate of drug-likeness (QED) is 0.552. The van der Waals surface area contributed by atoms with Crippen LogP contribution in [-0.4, -0.2) is 27.7 Å². The van der Waals surface area contributed by atoms with Gasteiger partial charge in [-0.15, -0.1) is 10.2 Å². The van der Waals surface area contributed by atoms with Crippen LogP contribution < -0.4 is 10.1 Å². The largest absolute Gasteiger partial charge is 0.452 e. The highest BCUT2D eigenvalue weighted by Crippen LogP contribution is 2.40. The van der Waals surface area contributed by atoms with Crippen LogP contribution >= 0.6 is 27.7 Å². The predicted octanol–water partition coefficient (Wildman–Crippen LogP) is 4.90. The fourth-order valence-electron chi connectivity index (χ4n) is 3.25. The molecule has 4 rings (SSSR count). The molecule has 2 unspecified atom stereocenters. The Labute approximate surface area is 159 Å². The van der Waals surface area contributed by atoms with E-state index in [2.05, 4.69) is 55.5 Å². The first-order chi connectivity index (χ1) is 12.1. The third-order valence-corrected chi connectivity index (χ3v) is 5.73. The molecule has 130 valence electrons. The molecule has 0 amide bonds. The van der Waals surface area contributed by atoms with Gasteiger partial charge in [0.05, 0.1) is 0 Å². The number of nitrogens with one attached hydrogen (secondary N) is 1. The van der Waals surface area contributed by atoms with Crippen molar-refractivity contribution in [3.8, 4) is 17.1 Å². The lowest BCUT2D eigenvalue weighted by Gasteiger charge is -2.29. The lowest BCUT2D eigenvalue weighted by atomic mass is 9.89. The number of hydrogen-bond donors (Lipinski definition) is 1. The Morgan fingerprint density at radius 2 is 2.20 bits per heavy atom. The van der Waals surface area contributed by atoms with Crippen LogP contribution in [0.25, 0.3) is 11.3 Å². The van der Waals surface area contributed by atoms with Gasteiger partial charge in [-0.2, -0.15) is 4.98 Å². The summed E-state index contributed by atoms with van der Waals surface area (Å²) in [4.78, 5) is 4.58. The van der Waals surface area contributed by atoms with Crippen LogP contribution in [0.1, 0.15) is 26.2 Å². The van der Waals surface area contributed by atoms with Gasteiger partial charge < -0.3 is 10.1 Å². The fraction of sp³-hybridized carbons (Fsp3) is 0.389. The number of fused-ring (bicyclic) bond motifs is 3. The molecular formula is C18H19BrN4OS. The topological polar surface area (TPSA) is 59.9 Å². The predicted molar refractivity (Wildman–Crippen MR) is 104 cm³/mol. The Kier molecular flexibility index (Phi) is 4.69. The van der Waals surface area contributed by atoms with Gasteiger partial charge in [-0.1, -0.05) is 39.3 Å². The van der Waals surface area contributed by atoms with Crippen LogP contribution in [0.2, 0.25) is 0 Å². The van der Waals surface area contributed by atoms with Gasteiger partial charge in [0, 0.05) is 21.6 Å². The Morgan fingerprint density at radius 3 is 2.96 bits per heavy atom. The zero-order valence-corrected chi connectivity index (χ0v) is 16.5. The molecular weight excluding hydrogens is 400 g/mol. The molecule has 2 aliphatic rings. The molecule has 1 aromatic heterocycles. The Bertz CT molecular complexity index is 842. The van der Waals surface area contributed by atoms with Crippen molar-refractivity contribution in [1.82, 2.24) is 15.2 Å². The summed E-state index contributed by atoms with van der Waals surface area (Å²) in [7, 11) is 0. The summed E-state index contributed by atoms with van der Waals surface area (Å²) in [6, 6.07) is 6.11. The fourth-order valence-corrected chi connectivity index (χ4v) is 3.91. The SMILES string of the molecule is CSc1nnc2c(n1)OC(C1CC=C(C)CC1)Nc1ccc(Br)cc1-2. The zero-order chi connectivity index (χ0) is 17.4. The maximum absolute atomic E-state index is 6.31. The first-order valence-corrected chi connectivity index (χ1v) is 10.3. The van der Waals surface area contributed by atoms with Gasteiger partial charge >= 0.3 is 0 Å². The standard InChI is InChI=1S/C18H19BrN4OS/c1-10-3-5-11(6-4-10)16-20-14-8-7-12(19)9-13(14)15-17(24-16)21-18(25-2)23-22-15/h3,7-9,11,16,20H,4-6H2,1-2H3. The third-order valence-electron chi connectivity index (χ3n) is 4.70. The number of ether oxygens (including phenoxy) is 1. The maximum atomic E-state index is 6.31. The number of halogens is 1. The molecule has 0 spiro atoms. The van der Waals surface area contributed by atoms with Gasteiger partial charge in [0.15, 0.2) is 11.9 Å². The van der Waals surface area contributed by atoms with E-state index in [9.17, 15) is 0 Å². The van der Waals surface area contributed by atoms with E-state index in [0.29, 0.717) is 22.6 Å². The smallest absolute Gasteiger partial charge is 0.247 e. The second kappa shape index (κ2) is 6.96. The van der Waals surface area contributed by atoms with E-state index >= 15 is 0 Å². The number of allylic oxidation sites excluding steroid dienone is 2. The van der Waals surface area contributed by atoms with Crippen LogP contribution in [0, 0.1) is 5.92 Å².